The van der Waals surface area contributed by atoms with Gasteiger partial charge in [0.25, 0.3) is 0 Å². The van der Waals surface area contributed by atoms with Crippen LogP contribution in [0.3, 0.4) is 0 Å². The minimum atomic E-state index is 0.376. The fourth-order valence-electron chi connectivity index (χ4n) is 4.01. The van der Waals surface area contributed by atoms with E-state index in [1.807, 2.05) is 24.3 Å². The van der Waals surface area contributed by atoms with E-state index >= 15 is 0 Å². The zero-order chi connectivity index (χ0) is 21.3. The Morgan fingerprint density at radius 1 is 0.906 bits per heavy atom. The van der Waals surface area contributed by atoms with Crippen molar-refractivity contribution in [2.45, 2.75) is 32.2 Å². The minimum absolute atomic E-state index is 0.376. The first-order chi connectivity index (χ1) is 15.8. The lowest BCUT2D eigenvalue weighted by atomic mass is 9.97. The van der Waals surface area contributed by atoms with E-state index in [4.69, 9.17) is 14.5 Å². The van der Waals surface area contributed by atoms with Crippen LogP contribution in [0.1, 0.15) is 29.2 Å². The molecule has 0 fully saturated rings. The molecule has 1 aliphatic carbocycles. The average molecular weight is 442 g/mol. The van der Waals surface area contributed by atoms with Gasteiger partial charge in [0.05, 0.1) is 11.9 Å². The summed E-state index contributed by atoms with van der Waals surface area (Å²) in [6.45, 7) is 0.376. The number of anilines is 1. The molecule has 1 N–H and O–H groups in total. The van der Waals surface area contributed by atoms with Gasteiger partial charge in [0.2, 0.25) is 11.7 Å². The maximum absolute atomic E-state index is 5.47. The van der Waals surface area contributed by atoms with E-state index in [0.717, 1.165) is 40.0 Å². The Bertz CT molecular complexity index is 1380. The molecule has 0 atom stereocenters. The van der Waals surface area contributed by atoms with Crippen molar-refractivity contribution in [3.63, 3.8) is 0 Å². The molecule has 5 aromatic heterocycles. The summed E-state index contributed by atoms with van der Waals surface area (Å²) in [5, 5.41) is 8.65. The molecule has 5 heterocycles. The summed E-state index contributed by atoms with van der Waals surface area (Å²) >= 11 is 1.78. The molecule has 0 saturated carbocycles. The van der Waals surface area contributed by atoms with E-state index < -0.39 is 0 Å². The van der Waals surface area contributed by atoms with Gasteiger partial charge in [-0.05, 0) is 55.5 Å². The van der Waals surface area contributed by atoms with Gasteiger partial charge < -0.3 is 9.84 Å². The van der Waals surface area contributed by atoms with Crippen LogP contribution in [-0.2, 0) is 19.4 Å². The van der Waals surface area contributed by atoms with E-state index in [-0.39, 0.29) is 0 Å². The van der Waals surface area contributed by atoms with Gasteiger partial charge in [-0.15, -0.1) is 11.3 Å². The molecular formula is C23H19N7OS. The average Bonchev–Trinajstić information content (AvgIpc) is 3.48. The van der Waals surface area contributed by atoms with E-state index in [1.54, 1.807) is 36.1 Å². The Morgan fingerprint density at radius 3 is 2.69 bits per heavy atom. The zero-order valence-electron chi connectivity index (χ0n) is 17.2. The summed E-state index contributed by atoms with van der Waals surface area (Å²) in [7, 11) is 0. The SMILES string of the molecule is c1cncc(-c2nc(NCc3nc(-c4ccncc4)no3)c3c4c(sc3n2)CCCC4)c1. The second-order valence-corrected chi connectivity index (χ2v) is 8.71. The molecule has 9 heteroatoms. The normalized spacial score (nSPS) is 13.2. The van der Waals surface area contributed by atoms with Crippen molar-refractivity contribution in [1.29, 1.82) is 0 Å². The van der Waals surface area contributed by atoms with Crippen LogP contribution in [0.4, 0.5) is 5.82 Å². The van der Waals surface area contributed by atoms with E-state index in [9.17, 15) is 0 Å². The predicted octanol–water partition coefficient (Wildman–Crippen LogP) is 4.69. The molecule has 0 bridgehead atoms. The molecule has 0 amide bonds. The number of thiophene rings is 1. The number of hydrogen-bond donors (Lipinski definition) is 1. The summed E-state index contributed by atoms with van der Waals surface area (Å²) in [5.41, 5.74) is 3.13. The standard InChI is InChI=1S/C23H19N7OS/c1-2-6-17-16(5-1)19-22(28-20(29-23(19)32-17)15-4-3-9-25-12-15)26-13-18-27-21(30-31-18)14-7-10-24-11-8-14/h3-4,7-12H,1-2,5-6,13H2,(H,26,28,29). The Kier molecular flexibility index (Phi) is 4.80. The quantitative estimate of drug-likeness (QED) is 0.419. The number of pyridine rings is 2. The molecule has 0 saturated heterocycles. The van der Waals surface area contributed by atoms with Crippen LogP contribution in [0.2, 0.25) is 0 Å². The van der Waals surface area contributed by atoms with Crippen LogP contribution >= 0.6 is 11.3 Å². The Hall–Kier alpha value is -3.72. The predicted molar refractivity (Wildman–Crippen MR) is 122 cm³/mol. The second-order valence-electron chi connectivity index (χ2n) is 7.63. The highest BCUT2D eigenvalue weighted by Gasteiger charge is 2.22. The Labute approximate surface area is 187 Å². The summed E-state index contributed by atoms with van der Waals surface area (Å²) in [6, 6.07) is 7.58. The second kappa shape index (κ2) is 8.08. The van der Waals surface area contributed by atoms with Crippen molar-refractivity contribution < 1.29 is 4.52 Å². The molecule has 158 valence electrons. The van der Waals surface area contributed by atoms with E-state index in [2.05, 4.69) is 25.4 Å². The van der Waals surface area contributed by atoms with Crippen molar-refractivity contribution in [2.24, 2.45) is 0 Å². The lowest BCUT2D eigenvalue weighted by Gasteiger charge is -2.12. The highest BCUT2D eigenvalue weighted by molar-refractivity contribution is 7.19. The van der Waals surface area contributed by atoms with Crippen molar-refractivity contribution in [1.82, 2.24) is 30.1 Å². The lowest BCUT2D eigenvalue weighted by molar-refractivity contribution is 0.384. The molecular weight excluding hydrogens is 422 g/mol. The fraction of sp³-hybridized carbons (Fsp3) is 0.217. The van der Waals surface area contributed by atoms with Gasteiger partial charge in [-0.2, -0.15) is 4.98 Å². The van der Waals surface area contributed by atoms with Gasteiger partial charge in [0.15, 0.2) is 5.82 Å². The smallest absolute Gasteiger partial charge is 0.246 e. The summed E-state index contributed by atoms with van der Waals surface area (Å²) in [5.74, 6) is 2.50. The monoisotopic (exact) mass is 441 g/mol. The van der Waals surface area contributed by atoms with Gasteiger partial charge in [-0.3, -0.25) is 9.97 Å². The first kappa shape index (κ1) is 19.0. The number of fused-ring (bicyclic) bond motifs is 3. The third kappa shape index (κ3) is 3.50. The molecule has 5 aromatic rings. The van der Waals surface area contributed by atoms with Crippen molar-refractivity contribution in [2.75, 3.05) is 5.32 Å². The maximum Gasteiger partial charge on any atom is 0.246 e. The van der Waals surface area contributed by atoms with Crippen molar-refractivity contribution >= 4 is 27.4 Å². The van der Waals surface area contributed by atoms with Crippen LogP contribution in [-0.4, -0.2) is 30.1 Å². The van der Waals surface area contributed by atoms with Gasteiger partial charge in [0, 0.05) is 40.8 Å². The molecule has 0 unspecified atom stereocenters. The van der Waals surface area contributed by atoms with Crippen molar-refractivity contribution in [3.8, 4) is 22.8 Å². The maximum atomic E-state index is 5.47. The minimum Gasteiger partial charge on any atom is -0.360 e. The largest absolute Gasteiger partial charge is 0.360 e. The first-order valence-corrected chi connectivity index (χ1v) is 11.4. The molecule has 8 nitrogen and oxygen atoms in total. The van der Waals surface area contributed by atoms with Gasteiger partial charge in [-0.25, -0.2) is 9.97 Å². The highest BCUT2D eigenvalue weighted by Crippen LogP contribution is 2.39. The summed E-state index contributed by atoms with van der Waals surface area (Å²) < 4.78 is 5.47. The van der Waals surface area contributed by atoms with Crippen LogP contribution in [0.15, 0.2) is 53.6 Å². The summed E-state index contributed by atoms with van der Waals surface area (Å²) in [4.78, 5) is 25.0. The number of aryl methyl sites for hydroxylation is 2. The number of nitrogens with zero attached hydrogens (tertiary/aromatic N) is 6. The van der Waals surface area contributed by atoms with Crippen LogP contribution in [0.25, 0.3) is 33.0 Å². The molecule has 0 spiro atoms. The van der Waals surface area contributed by atoms with E-state index in [1.165, 1.54) is 23.3 Å². The van der Waals surface area contributed by atoms with Crippen LogP contribution < -0.4 is 5.32 Å². The number of rotatable bonds is 5. The number of nitrogens with one attached hydrogen (secondary N) is 1. The highest BCUT2D eigenvalue weighted by atomic mass is 32.1. The van der Waals surface area contributed by atoms with Gasteiger partial charge >= 0.3 is 0 Å². The Balaban J connectivity index is 1.37. The topological polar surface area (TPSA) is 103 Å². The Morgan fingerprint density at radius 2 is 1.81 bits per heavy atom. The zero-order valence-corrected chi connectivity index (χ0v) is 18.0. The summed E-state index contributed by atoms with van der Waals surface area (Å²) in [6.07, 6.45) is 11.6. The number of aromatic nitrogens is 6. The van der Waals surface area contributed by atoms with Crippen LogP contribution in [0.5, 0.6) is 0 Å². The molecule has 1 aliphatic rings. The fourth-order valence-corrected chi connectivity index (χ4v) is 5.27. The first-order valence-electron chi connectivity index (χ1n) is 10.5. The third-order valence-corrected chi connectivity index (χ3v) is 6.73. The molecule has 0 aromatic carbocycles. The lowest BCUT2D eigenvalue weighted by Crippen LogP contribution is -2.06. The van der Waals surface area contributed by atoms with E-state index in [0.29, 0.717) is 24.1 Å². The van der Waals surface area contributed by atoms with Gasteiger partial charge in [0.1, 0.15) is 10.6 Å². The molecule has 32 heavy (non-hydrogen) atoms. The van der Waals surface area contributed by atoms with Crippen molar-refractivity contribution in [3.05, 3.63) is 65.4 Å². The third-order valence-electron chi connectivity index (χ3n) is 5.55. The number of hydrogen-bond acceptors (Lipinski definition) is 9. The molecule has 0 aliphatic heterocycles. The molecule has 0 radical (unpaired) electrons. The molecule has 6 rings (SSSR count). The van der Waals surface area contributed by atoms with Crippen LogP contribution in [0, 0.1) is 0 Å². The van der Waals surface area contributed by atoms with Gasteiger partial charge in [-0.1, -0.05) is 5.16 Å².